The van der Waals surface area contributed by atoms with Crippen molar-refractivity contribution in [2.24, 2.45) is 0 Å². The molecule has 0 aliphatic heterocycles. The van der Waals surface area contributed by atoms with Gasteiger partial charge in [0.15, 0.2) is 0 Å². The van der Waals surface area contributed by atoms with E-state index < -0.39 is 0 Å². The summed E-state index contributed by atoms with van der Waals surface area (Å²) in [6.07, 6.45) is 0. The Kier molecular flexibility index (Phi) is 18.8. The first-order valence-electron chi connectivity index (χ1n) is 43.0. The molecular formula is C120H80N4O2. The number of nitrogens with zero attached hydrogens (tertiary/aromatic N) is 4. The smallest absolute Gasteiger partial charge is 0.136 e. The molecule has 126 heavy (non-hydrogen) atoms. The van der Waals surface area contributed by atoms with Crippen LogP contribution in [0.15, 0.2) is 494 Å². The van der Waals surface area contributed by atoms with E-state index in [9.17, 15) is 0 Å². The van der Waals surface area contributed by atoms with Gasteiger partial charge in [0, 0.05) is 88.5 Å². The molecule has 0 saturated heterocycles. The van der Waals surface area contributed by atoms with Gasteiger partial charge in [-0.25, -0.2) is 0 Å². The average molecular weight is 1610 g/mol. The Morgan fingerprint density at radius 2 is 0.421 bits per heavy atom. The molecule has 0 atom stereocenters. The molecule has 0 fully saturated rings. The fourth-order valence-corrected chi connectivity index (χ4v) is 18.6. The monoisotopic (exact) mass is 1610 g/mol. The molecule has 0 unspecified atom stereocenters. The maximum absolute atomic E-state index is 6.20. The Bertz CT molecular complexity index is 8060. The van der Waals surface area contributed by atoms with Crippen molar-refractivity contribution in [1.82, 2.24) is 9.13 Å². The van der Waals surface area contributed by atoms with Gasteiger partial charge in [-0.05, 0) is 235 Å². The molecule has 20 aromatic carbocycles. The normalized spacial score (nSPS) is 11.5. The molecule has 0 radical (unpaired) electrons. The molecule has 0 saturated carbocycles. The standard InChI is InChI=1S/2C60H40N2O/c1-2-13-45(14-3-1)51-17-4-8-21-56(51)61(48-34-29-42(30-35-48)41-25-27-43(28-26-41)47-33-38-55-54-20-7-11-24-59(54)63-60(55)40-47)49-36-31-44(32-37-49)46-15-12-16-50(39-46)62-57-22-9-5-18-52(57)53-19-6-10-23-58(53)62;1-2-12-41(13-3-1)46-14-10-16-51(38-46)61(49-33-28-43(29-34-49)42-24-26-44(27-25-42)48-32-37-56-55-20-6-9-23-59(55)63-60(56)40-48)50-35-30-45(31-36-50)47-15-11-17-52(39-47)62-57-21-7-4-18-53(57)54-19-5-8-22-58(54)62/h2*1-40H. The lowest BCUT2D eigenvalue weighted by Crippen LogP contribution is -2.11. The maximum atomic E-state index is 6.20. The number of hydrogen-bond acceptors (Lipinski definition) is 4. The van der Waals surface area contributed by atoms with Crippen molar-refractivity contribution in [2.75, 3.05) is 9.80 Å². The molecule has 0 spiro atoms. The number of anilines is 6. The summed E-state index contributed by atoms with van der Waals surface area (Å²) < 4.78 is 17.1. The van der Waals surface area contributed by atoms with Gasteiger partial charge < -0.3 is 27.8 Å². The van der Waals surface area contributed by atoms with Crippen LogP contribution in [0.25, 0.3) is 188 Å². The summed E-state index contributed by atoms with van der Waals surface area (Å²) in [4.78, 5) is 4.73. The lowest BCUT2D eigenvalue weighted by Gasteiger charge is -2.28. The lowest BCUT2D eigenvalue weighted by atomic mass is 9.98. The molecule has 592 valence electrons. The SMILES string of the molecule is c1ccc(-c2cccc(N(c3ccc(-c4ccc(-c5ccc6c(c5)oc5ccccc56)cc4)cc3)c3ccc(-c4cccc(-n5c6ccccc6c6ccccc65)c4)cc3)c2)cc1.c1ccc(-c2ccccc2N(c2ccc(-c3ccc(-c4ccc5c(c4)oc4ccccc45)cc3)cc2)c2ccc(-c3cccc(-n4c5ccccc5c5ccccc54)c3)cc2)cc1. The van der Waals surface area contributed by atoms with Crippen molar-refractivity contribution >= 4 is 122 Å². The summed E-state index contributed by atoms with van der Waals surface area (Å²) in [5.41, 5.74) is 35.9. The molecule has 4 heterocycles. The second-order valence-electron chi connectivity index (χ2n) is 32.3. The van der Waals surface area contributed by atoms with Gasteiger partial charge in [-0.15, -0.1) is 0 Å². The predicted octanol–water partition coefficient (Wildman–Crippen LogP) is 33.6. The zero-order valence-electron chi connectivity index (χ0n) is 68.8. The van der Waals surface area contributed by atoms with E-state index in [-0.39, 0.29) is 0 Å². The number of hydrogen-bond donors (Lipinski definition) is 0. The van der Waals surface area contributed by atoms with E-state index >= 15 is 0 Å². The van der Waals surface area contributed by atoms with Crippen molar-refractivity contribution in [3.05, 3.63) is 485 Å². The van der Waals surface area contributed by atoms with E-state index in [4.69, 9.17) is 8.83 Å². The Balaban J connectivity index is 0.000000145. The molecule has 6 nitrogen and oxygen atoms in total. The minimum absolute atomic E-state index is 0.908. The van der Waals surface area contributed by atoms with Crippen LogP contribution in [0.2, 0.25) is 0 Å². The molecule has 24 rings (SSSR count). The summed E-state index contributed by atoms with van der Waals surface area (Å²) >= 11 is 0. The minimum Gasteiger partial charge on any atom is -0.456 e. The van der Waals surface area contributed by atoms with Crippen LogP contribution in [-0.4, -0.2) is 9.13 Å². The fraction of sp³-hybridized carbons (Fsp3) is 0. The lowest BCUT2D eigenvalue weighted by molar-refractivity contribution is 0.668. The van der Waals surface area contributed by atoms with Gasteiger partial charge in [0.25, 0.3) is 0 Å². The molecular weight excluding hydrogens is 1530 g/mol. The highest BCUT2D eigenvalue weighted by Crippen LogP contribution is 2.46. The number of furan rings is 2. The predicted molar refractivity (Wildman–Crippen MR) is 529 cm³/mol. The van der Waals surface area contributed by atoms with E-state index in [0.717, 1.165) is 134 Å². The van der Waals surface area contributed by atoms with Crippen LogP contribution in [0.5, 0.6) is 0 Å². The minimum atomic E-state index is 0.908. The second-order valence-corrected chi connectivity index (χ2v) is 32.3. The van der Waals surface area contributed by atoms with E-state index in [1.54, 1.807) is 0 Å². The zero-order valence-corrected chi connectivity index (χ0v) is 68.8. The Labute approximate surface area is 730 Å². The average Bonchev–Trinajstić information content (AvgIpc) is 1.64. The molecule has 6 heteroatoms. The highest BCUT2D eigenvalue weighted by atomic mass is 16.3. The van der Waals surface area contributed by atoms with Crippen LogP contribution >= 0.6 is 0 Å². The molecule has 0 N–H and O–H groups in total. The number of fused-ring (bicyclic) bond motifs is 12. The Morgan fingerprint density at radius 3 is 0.825 bits per heavy atom. The third-order valence-corrected chi connectivity index (χ3v) is 24.8. The fourth-order valence-electron chi connectivity index (χ4n) is 18.6. The van der Waals surface area contributed by atoms with E-state index in [2.05, 4.69) is 480 Å². The summed E-state index contributed by atoms with van der Waals surface area (Å²) in [7, 11) is 0. The number of rotatable bonds is 16. The largest absolute Gasteiger partial charge is 0.456 e. The summed E-state index contributed by atoms with van der Waals surface area (Å²) in [5, 5.41) is 9.63. The highest BCUT2D eigenvalue weighted by molar-refractivity contribution is 6.12. The van der Waals surface area contributed by atoms with Gasteiger partial charge >= 0.3 is 0 Å². The Hall–Kier alpha value is -16.8. The first-order chi connectivity index (χ1) is 62.4. The Morgan fingerprint density at radius 1 is 0.151 bits per heavy atom. The van der Waals surface area contributed by atoms with Crippen LogP contribution < -0.4 is 9.80 Å². The van der Waals surface area contributed by atoms with E-state index in [1.165, 1.54) is 88.1 Å². The van der Waals surface area contributed by atoms with Crippen LogP contribution in [0, 0.1) is 0 Å². The summed E-state index contributed by atoms with van der Waals surface area (Å²) in [5.74, 6) is 0. The highest BCUT2D eigenvalue weighted by Gasteiger charge is 2.22. The van der Waals surface area contributed by atoms with Crippen LogP contribution in [0.1, 0.15) is 0 Å². The van der Waals surface area contributed by atoms with Crippen LogP contribution in [-0.2, 0) is 0 Å². The van der Waals surface area contributed by atoms with Gasteiger partial charge in [0.1, 0.15) is 22.3 Å². The molecule has 0 aliphatic rings. The summed E-state index contributed by atoms with van der Waals surface area (Å²) in [6, 6.07) is 174. The molecule has 0 aliphatic carbocycles. The zero-order chi connectivity index (χ0) is 83.4. The van der Waals surface area contributed by atoms with Gasteiger partial charge in [0.05, 0.1) is 27.8 Å². The van der Waals surface area contributed by atoms with Crippen LogP contribution in [0.3, 0.4) is 0 Å². The van der Waals surface area contributed by atoms with Gasteiger partial charge in [-0.2, -0.15) is 0 Å². The van der Waals surface area contributed by atoms with Crippen molar-refractivity contribution < 1.29 is 8.83 Å². The molecule has 0 amide bonds. The molecule has 0 bridgehead atoms. The van der Waals surface area contributed by atoms with E-state index in [1.807, 2.05) is 24.3 Å². The van der Waals surface area contributed by atoms with Gasteiger partial charge in [0.2, 0.25) is 0 Å². The number of aromatic nitrogens is 2. The van der Waals surface area contributed by atoms with Crippen molar-refractivity contribution in [3.8, 4) is 100 Å². The van der Waals surface area contributed by atoms with Crippen molar-refractivity contribution in [3.63, 3.8) is 0 Å². The van der Waals surface area contributed by atoms with Crippen molar-refractivity contribution in [1.29, 1.82) is 0 Å². The molecule has 4 aromatic heterocycles. The van der Waals surface area contributed by atoms with E-state index in [0.29, 0.717) is 0 Å². The quantitative estimate of drug-likeness (QED) is 0.0967. The van der Waals surface area contributed by atoms with Crippen molar-refractivity contribution in [2.45, 2.75) is 0 Å². The molecule has 24 aromatic rings. The third kappa shape index (κ3) is 13.8. The topological polar surface area (TPSA) is 42.6 Å². The maximum Gasteiger partial charge on any atom is 0.136 e. The number of para-hydroxylation sites is 7. The number of benzene rings is 20. The second kappa shape index (κ2) is 32.0. The van der Waals surface area contributed by atoms with Crippen LogP contribution in [0.4, 0.5) is 34.1 Å². The first kappa shape index (κ1) is 74.3. The van der Waals surface area contributed by atoms with Gasteiger partial charge in [-0.3, -0.25) is 0 Å². The van der Waals surface area contributed by atoms with Gasteiger partial charge in [-0.1, -0.05) is 334 Å². The summed E-state index contributed by atoms with van der Waals surface area (Å²) in [6.45, 7) is 0. The first-order valence-corrected chi connectivity index (χ1v) is 43.0. The third-order valence-electron chi connectivity index (χ3n) is 24.8.